The van der Waals surface area contributed by atoms with E-state index in [4.69, 9.17) is 5.73 Å². The Bertz CT molecular complexity index is 302. The first-order valence-corrected chi connectivity index (χ1v) is 8.88. The highest BCUT2D eigenvalue weighted by molar-refractivity contribution is 5.85. The van der Waals surface area contributed by atoms with E-state index >= 15 is 0 Å². The number of rotatable bonds is 11. The Balaban J connectivity index is 2.63. The zero-order chi connectivity index (χ0) is 15.7. The zero-order valence-corrected chi connectivity index (χ0v) is 14.3. The van der Waals surface area contributed by atoms with Crippen LogP contribution in [0, 0.1) is 5.92 Å². The van der Waals surface area contributed by atoms with Crippen LogP contribution in [-0.2, 0) is 4.79 Å². The summed E-state index contributed by atoms with van der Waals surface area (Å²) in [6, 6.07) is 0. The first-order valence-electron chi connectivity index (χ1n) is 8.88. The number of hydrogen-bond donors (Lipinski definition) is 2. The van der Waals surface area contributed by atoms with Gasteiger partial charge in [-0.05, 0) is 70.6 Å². The second-order valence-electron chi connectivity index (χ2n) is 6.48. The van der Waals surface area contributed by atoms with Crippen LogP contribution in [0.5, 0.6) is 0 Å². The molecule has 0 aliphatic heterocycles. The van der Waals surface area contributed by atoms with Crippen LogP contribution in [0.15, 0.2) is 0 Å². The summed E-state index contributed by atoms with van der Waals surface area (Å²) in [7, 11) is 0. The largest absolute Gasteiger partial charge is 0.368 e. The molecule has 1 rings (SSSR count). The standard InChI is InChI=1S/C17H35N3O/c1-4-11-19-17(16(18)21)10-7-8-15(17)9-14-20(12-5-2)13-6-3/h15,19H,4-14H2,1-3H3,(H2,18,21). The molecule has 0 aromatic carbocycles. The lowest BCUT2D eigenvalue weighted by atomic mass is 9.83. The number of carbonyl (C=O) groups excluding carboxylic acids is 1. The molecule has 0 spiro atoms. The maximum atomic E-state index is 12.1. The third-order valence-electron chi connectivity index (χ3n) is 4.82. The van der Waals surface area contributed by atoms with Gasteiger partial charge in [-0.2, -0.15) is 0 Å². The topological polar surface area (TPSA) is 58.4 Å². The minimum absolute atomic E-state index is 0.143. The number of primary amides is 1. The molecule has 2 atom stereocenters. The highest BCUT2D eigenvalue weighted by Crippen LogP contribution is 2.38. The Labute approximate surface area is 130 Å². The molecule has 1 aliphatic carbocycles. The third kappa shape index (κ3) is 4.96. The van der Waals surface area contributed by atoms with Gasteiger partial charge in [0.15, 0.2) is 0 Å². The highest BCUT2D eigenvalue weighted by Gasteiger charge is 2.46. The molecule has 4 nitrogen and oxygen atoms in total. The number of amides is 1. The fourth-order valence-electron chi connectivity index (χ4n) is 3.77. The van der Waals surface area contributed by atoms with Crippen LogP contribution in [0.1, 0.15) is 65.7 Å². The van der Waals surface area contributed by atoms with Gasteiger partial charge in [-0.15, -0.1) is 0 Å². The van der Waals surface area contributed by atoms with E-state index in [0.717, 1.165) is 58.3 Å². The molecule has 0 bridgehead atoms. The summed E-state index contributed by atoms with van der Waals surface area (Å²) in [6.45, 7) is 10.9. The second-order valence-corrected chi connectivity index (χ2v) is 6.48. The first kappa shape index (κ1) is 18.4. The molecule has 1 fully saturated rings. The van der Waals surface area contributed by atoms with Gasteiger partial charge < -0.3 is 16.0 Å². The van der Waals surface area contributed by atoms with E-state index in [1.165, 1.54) is 12.8 Å². The van der Waals surface area contributed by atoms with E-state index < -0.39 is 5.54 Å². The van der Waals surface area contributed by atoms with E-state index in [1.54, 1.807) is 0 Å². The number of nitrogens with zero attached hydrogens (tertiary/aromatic N) is 1. The van der Waals surface area contributed by atoms with Gasteiger partial charge in [0.25, 0.3) is 0 Å². The van der Waals surface area contributed by atoms with Gasteiger partial charge in [0.05, 0.1) is 0 Å². The molecule has 3 N–H and O–H groups in total. The summed E-state index contributed by atoms with van der Waals surface area (Å²) in [5.74, 6) is 0.258. The number of carbonyl (C=O) groups is 1. The first-order chi connectivity index (χ1) is 10.1. The lowest BCUT2D eigenvalue weighted by molar-refractivity contribution is -0.126. The summed E-state index contributed by atoms with van der Waals surface area (Å²) in [4.78, 5) is 14.6. The summed E-state index contributed by atoms with van der Waals surface area (Å²) >= 11 is 0. The van der Waals surface area contributed by atoms with Crippen molar-refractivity contribution in [1.82, 2.24) is 10.2 Å². The minimum atomic E-state index is -0.444. The summed E-state index contributed by atoms with van der Waals surface area (Å²) < 4.78 is 0. The summed E-state index contributed by atoms with van der Waals surface area (Å²) in [5, 5.41) is 3.49. The van der Waals surface area contributed by atoms with E-state index in [2.05, 4.69) is 31.0 Å². The van der Waals surface area contributed by atoms with Crippen molar-refractivity contribution >= 4 is 5.91 Å². The van der Waals surface area contributed by atoms with Crippen LogP contribution in [0.25, 0.3) is 0 Å². The SMILES string of the molecule is CCCNC1(C(N)=O)CCCC1CCN(CCC)CCC. The van der Waals surface area contributed by atoms with Crippen LogP contribution in [0.3, 0.4) is 0 Å². The molecule has 124 valence electrons. The average molecular weight is 297 g/mol. The normalized spacial score (nSPS) is 25.6. The van der Waals surface area contributed by atoms with Gasteiger partial charge in [0, 0.05) is 0 Å². The molecule has 0 aromatic heterocycles. The number of nitrogens with two attached hydrogens (primary N) is 1. The van der Waals surface area contributed by atoms with Crippen LogP contribution >= 0.6 is 0 Å². The van der Waals surface area contributed by atoms with Crippen molar-refractivity contribution in [2.45, 2.75) is 71.3 Å². The van der Waals surface area contributed by atoms with Crippen LogP contribution in [-0.4, -0.2) is 42.5 Å². The van der Waals surface area contributed by atoms with Crippen LogP contribution in [0.4, 0.5) is 0 Å². The van der Waals surface area contributed by atoms with E-state index in [9.17, 15) is 4.79 Å². The van der Waals surface area contributed by atoms with Gasteiger partial charge in [0.2, 0.25) is 5.91 Å². The minimum Gasteiger partial charge on any atom is -0.368 e. The van der Waals surface area contributed by atoms with Crippen molar-refractivity contribution in [2.24, 2.45) is 11.7 Å². The molecule has 0 aromatic rings. The Morgan fingerprint density at radius 2 is 1.86 bits per heavy atom. The van der Waals surface area contributed by atoms with Crippen molar-refractivity contribution < 1.29 is 4.79 Å². The molecule has 0 saturated heterocycles. The lowest BCUT2D eigenvalue weighted by Gasteiger charge is -2.35. The summed E-state index contributed by atoms with van der Waals surface area (Å²) in [5.41, 5.74) is 5.33. The van der Waals surface area contributed by atoms with Crippen molar-refractivity contribution in [2.75, 3.05) is 26.2 Å². The Kier molecular flexibility index (Phi) is 8.27. The quantitative estimate of drug-likeness (QED) is 0.616. The molecule has 0 heterocycles. The van der Waals surface area contributed by atoms with E-state index in [-0.39, 0.29) is 5.91 Å². The fourth-order valence-corrected chi connectivity index (χ4v) is 3.77. The number of nitrogens with one attached hydrogen (secondary N) is 1. The van der Waals surface area contributed by atoms with Crippen LogP contribution < -0.4 is 11.1 Å². The molecule has 4 heteroatoms. The third-order valence-corrected chi connectivity index (χ3v) is 4.82. The maximum absolute atomic E-state index is 12.1. The second kappa shape index (κ2) is 9.42. The molecule has 1 saturated carbocycles. The van der Waals surface area contributed by atoms with Gasteiger partial charge in [-0.3, -0.25) is 4.79 Å². The summed E-state index contributed by atoms with van der Waals surface area (Å²) in [6.07, 6.45) is 7.67. The van der Waals surface area contributed by atoms with Gasteiger partial charge in [-0.1, -0.05) is 27.2 Å². The van der Waals surface area contributed by atoms with Crippen molar-refractivity contribution in [3.05, 3.63) is 0 Å². The van der Waals surface area contributed by atoms with E-state index in [0.29, 0.717) is 5.92 Å². The Morgan fingerprint density at radius 1 is 1.19 bits per heavy atom. The molecule has 2 unspecified atom stereocenters. The van der Waals surface area contributed by atoms with Gasteiger partial charge >= 0.3 is 0 Å². The average Bonchev–Trinajstić information content (AvgIpc) is 2.87. The fraction of sp³-hybridized carbons (Fsp3) is 0.941. The van der Waals surface area contributed by atoms with Crippen molar-refractivity contribution in [3.63, 3.8) is 0 Å². The van der Waals surface area contributed by atoms with Crippen LogP contribution in [0.2, 0.25) is 0 Å². The Morgan fingerprint density at radius 3 is 2.38 bits per heavy atom. The van der Waals surface area contributed by atoms with Gasteiger partial charge in [-0.25, -0.2) is 0 Å². The maximum Gasteiger partial charge on any atom is 0.238 e. The number of hydrogen-bond acceptors (Lipinski definition) is 3. The molecule has 21 heavy (non-hydrogen) atoms. The molecule has 1 aliphatic rings. The smallest absolute Gasteiger partial charge is 0.238 e. The monoisotopic (exact) mass is 297 g/mol. The molecular weight excluding hydrogens is 262 g/mol. The molecular formula is C17H35N3O. The lowest BCUT2D eigenvalue weighted by Crippen LogP contribution is -2.58. The van der Waals surface area contributed by atoms with Gasteiger partial charge in [0.1, 0.15) is 5.54 Å². The molecule has 1 amide bonds. The Hall–Kier alpha value is -0.610. The van der Waals surface area contributed by atoms with Crippen molar-refractivity contribution in [1.29, 1.82) is 0 Å². The predicted octanol–water partition coefficient (Wildman–Crippen LogP) is 2.52. The predicted molar refractivity (Wildman–Crippen MR) is 89.2 cm³/mol. The van der Waals surface area contributed by atoms with Crippen molar-refractivity contribution in [3.8, 4) is 0 Å². The highest BCUT2D eigenvalue weighted by atomic mass is 16.1. The molecule has 0 radical (unpaired) electrons. The van der Waals surface area contributed by atoms with E-state index in [1.807, 2.05) is 0 Å². The zero-order valence-electron chi connectivity index (χ0n) is 14.3.